The molecule has 0 aromatic carbocycles. The summed E-state index contributed by atoms with van der Waals surface area (Å²) in [6.45, 7) is 18.9. The number of aliphatic hydroxyl groups excluding tert-OH is 1. The maximum atomic E-state index is 14.3. The van der Waals surface area contributed by atoms with E-state index in [0.717, 1.165) is 17.1 Å². The maximum Gasteiger partial charge on any atom is 0.410 e. The number of ether oxygens (including phenoxy) is 4. The summed E-state index contributed by atoms with van der Waals surface area (Å²) >= 11 is 1.51. The SMILES string of the molecule is C=CC[C@H]1C[C@@H](C)CN[C@H](C)[C@H]2N(CCCCn3cc(-c4nccs4)nn3)C(=O)O[C@]2(C)[C@@H](CC)OC(=O)[C@H](C)C(=O)[C@H](C)[C@H]1O[C@@H]1OC(C)CC(N(C)C)C1O. The normalized spacial score (nSPS) is 36.0. The minimum Gasteiger partial charge on any atom is -0.458 e. The number of carbonyl (C=O) groups is 3. The Morgan fingerprint density at radius 1 is 1.14 bits per heavy atom. The lowest BCUT2D eigenvalue weighted by atomic mass is 9.79. The largest absolute Gasteiger partial charge is 0.458 e. The summed E-state index contributed by atoms with van der Waals surface area (Å²) in [4.78, 5) is 50.1. The second kappa shape index (κ2) is 19.6. The molecule has 1 amide bonds. The van der Waals surface area contributed by atoms with Crippen LogP contribution in [0.1, 0.15) is 87.0 Å². The molecule has 2 aromatic rings. The molecule has 3 aliphatic rings. The number of rotatable bonds is 12. The van der Waals surface area contributed by atoms with E-state index in [-0.39, 0.29) is 35.8 Å². The van der Waals surface area contributed by atoms with Gasteiger partial charge in [-0.1, -0.05) is 32.1 Å². The number of fused-ring (bicyclic) bond motifs is 1. The van der Waals surface area contributed by atoms with Gasteiger partial charge < -0.3 is 34.3 Å². The molecule has 0 aliphatic carbocycles. The van der Waals surface area contributed by atoms with Crippen molar-refractivity contribution in [2.45, 2.75) is 148 Å². The van der Waals surface area contributed by atoms with E-state index in [1.807, 2.05) is 64.3 Å². The molecule has 57 heavy (non-hydrogen) atoms. The third kappa shape index (κ3) is 10.3. The quantitative estimate of drug-likeness (QED) is 0.128. The Labute approximate surface area is 341 Å². The first-order valence-electron chi connectivity index (χ1n) is 20.6. The number of likely N-dealkylation sites (N-methyl/N-ethyl adjacent to an activating group) is 1. The van der Waals surface area contributed by atoms with Gasteiger partial charge in [0.1, 0.15) is 28.8 Å². The second-order valence-corrected chi connectivity index (χ2v) is 17.7. The van der Waals surface area contributed by atoms with Crippen molar-refractivity contribution in [1.29, 1.82) is 0 Å². The predicted molar refractivity (Wildman–Crippen MR) is 216 cm³/mol. The molecule has 0 spiro atoms. The van der Waals surface area contributed by atoms with Crippen LogP contribution in [0, 0.1) is 23.7 Å². The second-order valence-electron chi connectivity index (χ2n) is 16.8. The van der Waals surface area contributed by atoms with Gasteiger partial charge in [-0.15, -0.1) is 23.0 Å². The van der Waals surface area contributed by atoms with Gasteiger partial charge in [-0.3, -0.25) is 19.2 Å². The first kappa shape index (κ1) is 44.8. The third-order valence-corrected chi connectivity index (χ3v) is 12.9. The highest BCUT2D eigenvalue weighted by atomic mass is 32.1. The molecular weight excluding hydrogens is 751 g/mol. The Bertz CT molecular complexity index is 1640. The Balaban J connectivity index is 1.38. The van der Waals surface area contributed by atoms with Crippen molar-refractivity contribution in [2.24, 2.45) is 23.7 Å². The number of aromatic nitrogens is 4. The third-order valence-electron chi connectivity index (χ3n) is 12.2. The highest BCUT2D eigenvalue weighted by molar-refractivity contribution is 7.13. The Kier molecular flexibility index (Phi) is 15.4. The van der Waals surface area contributed by atoms with Gasteiger partial charge in [-0.2, -0.15) is 0 Å². The Morgan fingerprint density at radius 2 is 1.88 bits per heavy atom. The van der Waals surface area contributed by atoms with Crippen LogP contribution in [0.15, 0.2) is 30.4 Å². The van der Waals surface area contributed by atoms with Crippen LogP contribution in [0.25, 0.3) is 10.7 Å². The average molecular weight is 816 g/mol. The molecule has 2 aromatic heterocycles. The molecule has 3 aliphatic heterocycles. The van der Waals surface area contributed by atoms with Gasteiger partial charge in [0.05, 0.1) is 24.4 Å². The highest BCUT2D eigenvalue weighted by Gasteiger charge is 2.58. The van der Waals surface area contributed by atoms with E-state index in [2.05, 4.69) is 34.1 Å². The molecule has 3 saturated heterocycles. The number of cyclic esters (lactones) is 1. The zero-order valence-electron chi connectivity index (χ0n) is 35.2. The fraction of sp³-hybridized carbons (Fsp3) is 0.756. The van der Waals surface area contributed by atoms with Crippen molar-refractivity contribution in [2.75, 3.05) is 27.2 Å². The first-order valence-corrected chi connectivity index (χ1v) is 21.5. The number of Topliss-reactive ketones (excluding diaryl/α,β-unsaturated/α-hetero) is 1. The molecule has 5 heterocycles. The molecule has 0 radical (unpaired) electrons. The van der Waals surface area contributed by atoms with E-state index in [0.29, 0.717) is 51.7 Å². The van der Waals surface area contributed by atoms with Gasteiger partial charge in [0.2, 0.25) is 0 Å². The van der Waals surface area contributed by atoms with E-state index in [1.165, 1.54) is 11.3 Å². The van der Waals surface area contributed by atoms with Crippen LogP contribution in [0.5, 0.6) is 0 Å². The molecule has 16 heteroatoms. The van der Waals surface area contributed by atoms with Crippen molar-refractivity contribution >= 4 is 29.2 Å². The number of unbranched alkanes of at least 4 members (excludes halogenated alkanes) is 1. The number of hydrogen-bond acceptors (Lipinski definition) is 14. The van der Waals surface area contributed by atoms with E-state index < -0.39 is 60.1 Å². The number of aliphatic hydroxyl groups is 1. The van der Waals surface area contributed by atoms with Crippen LogP contribution in [0.4, 0.5) is 4.79 Å². The standard InChI is InChI=1S/C41H65N7O8S/c1-11-15-29-20-24(3)22-43-28(7)36-41(8,56-40(52)48(36)18-14-13-17-47-23-30(44-45-47)37-42-16-19-57-37)32(12-2)54-38(51)27(6)33(49)26(5)35(29)55-39-34(50)31(46(9)10)21-25(4)53-39/h11,16,19,23-29,31-32,34-36,39,43,50H,1,12-15,17-18,20-22H2,2-10H3/t24-,25?,26+,27-,28-,29+,31?,32-,34?,35-,36-,39+,41-/m1/s1. The van der Waals surface area contributed by atoms with Crippen molar-refractivity contribution in [3.63, 3.8) is 0 Å². The van der Waals surface area contributed by atoms with Gasteiger partial charge in [0.25, 0.3) is 0 Å². The zero-order valence-corrected chi connectivity index (χ0v) is 36.0. The van der Waals surface area contributed by atoms with Gasteiger partial charge in [-0.05, 0) is 98.7 Å². The number of nitrogens with one attached hydrogen (secondary N) is 1. The number of allylic oxidation sites excluding steroid dienone is 1. The molecule has 3 fully saturated rings. The van der Waals surface area contributed by atoms with Crippen LogP contribution in [-0.2, 0) is 35.1 Å². The average Bonchev–Trinajstić information content (AvgIpc) is 3.93. The summed E-state index contributed by atoms with van der Waals surface area (Å²) in [5, 5.41) is 26.3. The summed E-state index contributed by atoms with van der Waals surface area (Å²) in [6, 6.07) is -0.930. The van der Waals surface area contributed by atoms with Gasteiger partial charge in [-0.25, -0.2) is 9.78 Å². The molecule has 0 bridgehead atoms. The number of carbonyl (C=O) groups excluding carboxylic acids is 3. The topological polar surface area (TPSA) is 170 Å². The molecule has 3 unspecified atom stereocenters. The minimum absolute atomic E-state index is 0.105. The van der Waals surface area contributed by atoms with E-state index >= 15 is 0 Å². The Morgan fingerprint density at radius 3 is 2.54 bits per heavy atom. The number of hydrogen-bond donors (Lipinski definition) is 2. The van der Waals surface area contributed by atoms with E-state index in [1.54, 1.807) is 29.6 Å². The van der Waals surface area contributed by atoms with E-state index in [9.17, 15) is 19.5 Å². The number of aryl methyl sites for hydroxylation is 1. The minimum atomic E-state index is -1.20. The molecule has 15 nitrogen and oxygen atoms in total. The summed E-state index contributed by atoms with van der Waals surface area (Å²) in [6.07, 6.45) is 5.01. The summed E-state index contributed by atoms with van der Waals surface area (Å²) in [7, 11) is 3.84. The lowest BCUT2D eigenvalue weighted by Gasteiger charge is -2.44. The van der Waals surface area contributed by atoms with Crippen molar-refractivity contribution < 1.29 is 38.4 Å². The van der Waals surface area contributed by atoms with Crippen molar-refractivity contribution in [3.05, 3.63) is 30.4 Å². The molecule has 0 saturated carbocycles. The molecular formula is C41H65N7O8S. The van der Waals surface area contributed by atoms with Crippen LogP contribution >= 0.6 is 11.3 Å². The number of amides is 1. The molecule has 13 atom stereocenters. The first-order chi connectivity index (χ1) is 27.1. The number of nitrogens with zero attached hydrogens (tertiary/aromatic N) is 6. The maximum absolute atomic E-state index is 14.3. The summed E-state index contributed by atoms with van der Waals surface area (Å²) < 4.78 is 27.1. The van der Waals surface area contributed by atoms with E-state index in [4.69, 9.17) is 18.9 Å². The molecule has 5 rings (SSSR count). The number of ketones is 1. The summed E-state index contributed by atoms with van der Waals surface area (Å²) in [5.41, 5.74) is -0.478. The number of thiazole rings is 1. The summed E-state index contributed by atoms with van der Waals surface area (Å²) in [5.74, 6) is -2.96. The fourth-order valence-corrected chi connectivity index (χ4v) is 9.63. The van der Waals surface area contributed by atoms with Crippen molar-refractivity contribution in [1.82, 2.24) is 35.1 Å². The lowest BCUT2D eigenvalue weighted by Crippen LogP contribution is -2.60. The number of esters is 1. The zero-order chi connectivity index (χ0) is 41.6. The predicted octanol–water partition coefficient (Wildman–Crippen LogP) is 4.95. The van der Waals surface area contributed by atoms with Crippen LogP contribution < -0.4 is 5.32 Å². The smallest absolute Gasteiger partial charge is 0.410 e. The molecule has 2 N–H and O–H groups in total. The van der Waals surface area contributed by atoms with Crippen LogP contribution in [-0.4, -0.2) is 134 Å². The van der Waals surface area contributed by atoms with Crippen LogP contribution in [0.3, 0.4) is 0 Å². The van der Waals surface area contributed by atoms with Gasteiger partial charge >= 0.3 is 12.1 Å². The Hall–Kier alpha value is -3.28. The lowest BCUT2D eigenvalue weighted by molar-refractivity contribution is -0.278. The fourth-order valence-electron chi connectivity index (χ4n) is 9.04. The van der Waals surface area contributed by atoms with Crippen molar-refractivity contribution in [3.8, 4) is 10.7 Å². The molecule has 318 valence electrons. The van der Waals surface area contributed by atoms with Gasteiger partial charge in [0.15, 0.2) is 17.7 Å². The highest BCUT2D eigenvalue weighted by Crippen LogP contribution is 2.39. The van der Waals surface area contributed by atoms with Gasteiger partial charge in [0, 0.05) is 42.7 Å². The van der Waals surface area contributed by atoms with Crippen LogP contribution in [0.2, 0.25) is 0 Å². The monoisotopic (exact) mass is 815 g/mol.